The Morgan fingerprint density at radius 1 is 1.00 bits per heavy atom. The second-order valence-electron chi connectivity index (χ2n) is 10.6. The maximum Gasteiger partial charge on any atom is 0.390 e. The lowest BCUT2D eigenvalue weighted by molar-refractivity contribution is -0.138. The molecule has 0 radical (unpaired) electrons. The SMILES string of the molecule is CC1CCC(n2c3ccccc3c3cnc(Nc4ccc5c(n4)CCN(CCC(F)(F)F)C5)nc32)CC1. The highest BCUT2D eigenvalue weighted by Gasteiger charge is 2.29. The highest BCUT2D eigenvalue weighted by atomic mass is 19.4. The number of hydrogen-bond acceptors (Lipinski definition) is 5. The van der Waals surface area contributed by atoms with Crippen molar-refractivity contribution in [2.75, 3.05) is 18.4 Å². The predicted octanol–water partition coefficient (Wildman–Crippen LogP) is 6.78. The van der Waals surface area contributed by atoms with Crippen molar-refractivity contribution in [2.45, 2.75) is 64.2 Å². The number of fused-ring (bicyclic) bond motifs is 4. The van der Waals surface area contributed by atoms with Crippen LogP contribution in [-0.4, -0.2) is 43.7 Å². The number of aromatic nitrogens is 4. The quantitative estimate of drug-likeness (QED) is 0.322. The van der Waals surface area contributed by atoms with Crippen LogP contribution in [0.2, 0.25) is 0 Å². The monoisotopic (exact) mass is 508 g/mol. The minimum Gasteiger partial charge on any atom is -0.322 e. The molecular formula is C28H31F3N6. The van der Waals surface area contributed by atoms with Crippen molar-refractivity contribution in [2.24, 2.45) is 5.92 Å². The summed E-state index contributed by atoms with van der Waals surface area (Å²) >= 11 is 0. The van der Waals surface area contributed by atoms with Gasteiger partial charge in [-0.25, -0.2) is 9.97 Å². The molecule has 9 heteroatoms. The lowest BCUT2D eigenvalue weighted by Gasteiger charge is -2.28. The van der Waals surface area contributed by atoms with Gasteiger partial charge in [0.25, 0.3) is 0 Å². The molecule has 1 aliphatic carbocycles. The van der Waals surface area contributed by atoms with Gasteiger partial charge in [0.05, 0.1) is 11.9 Å². The molecular weight excluding hydrogens is 477 g/mol. The molecule has 6 rings (SSSR count). The van der Waals surface area contributed by atoms with Crippen LogP contribution in [0.25, 0.3) is 21.9 Å². The van der Waals surface area contributed by atoms with Crippen LogP contribution < -0.4 is 5.32 Å². The molecule has 1 aromatic carbocycles. The molecule has 0 bridgehead atoms. The fraction of sp³-hybridized carbons (Fsp3) is 0.464. The summed E-state index contributed by atoms with van der Waals surface area (Å²) in [5.41, 5.74) is 4.03. The van der Waals surface area contributed by atoms with Crippen molar-refractivity contribution in [3.05, 3.63) is 53.9 Å². The minimum atomic E-state index is -4.13. The first-order valence-electron chi connectivity index (χ1n) is 13.1. The van der Waals surface area contributed by atoms with E-state index in [9.17, 15) is 13.2 Å². The van der Waals surface area contributed by atoms with Crippen LogP contribution in [0.4, 0.5) is 24.9 Å². The number of alkyl halides is 3. The summed E-state index contributed by atoms with van der Waals surface area (Å²) in [6.07, 6.45) is 2.34. The van der Waals surface area contributed by atoms with Crippen molar-refractivity contribution in [1.82, 2.24) is 24.4 Å². The largest absolute Gasteiger partial charge is 0.390 e. The van der Waals surface area contributed by atoms with Crippen LogP contribution >= 0.6 is 0 Å². The molecule has 1 fully saturated rings. The molecule has 6 nitrogen and oxygen atoms in total. The van der Waals surface area contributed by atoms with Gasteiger partial charge in [-0.3, -0.25) is 4.90 Å². The van der Waals surface area contributed by atoms with E-state index in [2.05, 4.69) is 46.1 Å². The molecule has 4 aromatic rings. The summed E-state index contributed by atoms with van der Waals surface area (Å²) in [5, 5.41) is 5.50. The van der Waals surface area contributed by atoms with E-state index in [1.54, 1.807) is 0 Å². The van der Waals surface area contributed by atoms with E-state index in [4.69, 9.17) is 9.97 Å². The molecule has 0 atom stereocenters. The number of halogens is 3. The van der Waals surface area contributed by atoms with Crippen molar-refractivity contribution in [3.63, 3.8) is 0 Å². The second kappa shape index (κ2) is 9.59. The highest BCUT2D eigenvalue weighted by molar-refractivity contribution is 6.06. The topological polar surface area (TPSA) is 58.9 Å². The van der Waals surface area contributed by atoms with Gasteiger partial charge in [0.2, 0.25) is 5.95 Å². The Morgan fingerprint density at radius 2 is 1.81 bits per heavy atom. The Balaban J connectivity index is 1.26. The van der Waals surface area contributed by atoms with Gasteiger partial charge in [0.15, 0.2) is 0 Å². The molecule has 1 aliphatic heterocycles. The standard InChI is InChI=1S/C28H31F3N6/c1-18-6-9-20(10-7-18)37-24-5-3-2-4-21(24)22-16-32-27(35-26(22)37)34-25-11-8-19-17-36(14-12-23(19)33-25)15-13-28(29,30)31/h2-5,8,11,16,18,20H,6-7,9-10,12-15,17H2,1H3,(H,32,33,34,35). The van der Waals surface area contributed by atoms with Gasteiger partial charge in [-0.1, -0.05) is 31.2 Å². The number of para-hydroxylation sites is 1. The first-order valence-corrected chi connectivity index (χ1v) is 13.1. The number of nitrogens with zero attached hydrogens (tertiary/aromatic N) is 5. The van der Waals surface area contributed by atoms with Crippen LogP contribution in [0.1, 0.15) is 56.3 Å². The van der Waals surface area contributed by atoms with Gasteiger partial charge in [-0.15, -0.1) is 0 Å². The zero-order valence-corrected chi connectivity index (χ0v) is 20.9. The summed E-state index contributed by atoms with van der Waals surface area (Å²) in [5.74, 6) is 1.91. The Bertz CT molecular complexity index is 1420. The van der Waals surface area contributed by atoms with Crippen molar-refractivity contribution in [3.8, 4) is 0 Å². The molecule has 1 N–H and O–H groups in total. The highest BCUT2D eigenvalue weighted by Crippen LogP contribution is 2.38. The molecule has 3 aromatic heterocycles. The minimum absolute atomic E-state index is 0.0186. The average Bonchev–Trinajstić information content (AvgIpc) is 3.21. The summed E-state index contributed by atoms with van der Waals surface area (Å²) in [7, 11) is 0. The number of pyridine rings is 1. The second-order valence-corrected chi connectivity index (χ2v) is 10.6. The summed E-state index contributed by atoms with van der Waals surface area (Å²) < 4.78 is 40.2. The van der Waals surface area contributed by atoms with Crippen LogP contribution in [-0.2, 0) is 13.0 Å². The molecule has 2 aliphatic rings. The number of rotatable bonds is 5. The van der Waals surface area contributed by atoms with Crippen LogP contribution in [0.3, 0.4) is 0 Å². The van der Waals surface area contributed by atoms with Crippen LogP contribution in [0, 0.1) is 5.92 Å². The predicted molar refractivity (Wildman–Crippen MR) is 139 cm³/mol. The normalized spacial score (nSPS) is 20.9. The Labute approximate surface area is 213 Å². The fourth-order valence-corrected chi connectivity index (χ4v) is 5.84. The van der Waals surface area contributed by atoms with Crippen LogP contribution in [0.5, 0.6) is 0 Å². The van der Waals surface area contributed by atoms with E-state index in [-0.39, 0.29) is 6.54 Å². The van der Waals surface area contributed by atoms with Gasteiger partial charge in [-0.05, 0) is 49.3 Å². The molecule has 1 saturated carbocycles. The smallest absolute Gasteiger partial charge is 0.322 e. The zero-order chi connectivity index (χ0) is 25.6. The zero-order valence-electron chi connectivity index (χ0n) is 20.9. The maximum absolute atomic E-state index is 12.6. The van der Waals surface area contributed by atoms with E-state index >= 15 is 0 Å². The lowest BCUT2D eigenvalue weighted by atomic mass is 9.87. The van der Waals surface area contributed by atoms with E-state index in [1.165, 1.54) is 23.7 Å². The Morgan fingerprint density at radius 3 is 2.62 bits per heavy atom. The van der Waals surface area contributed by atoms with E-state index in [0.717, 1.165) is 41.1 Å². The van der Waals surface area contributed by atoms with Gasteiger partial charge in [0.1, 0.15) is 11.5 Å². The average molecular weight is 509 g/mol. The number of anilines is 2. The van der Waals surface area contributed by atoms with Gasteiger partial charge in [0, 0.05) is 54.8 Å². The third-order valence-corrected chi connectivity index (χ3v) is 7.88. The molecule has 0 amide bonds. The van der Waals surface area contributed by atoms with Gasteiger partial charge < -0.3 is 9.88 Å². The molecule has 0 spiro atoms. The van der Waals surface area contributed by atoms with Crippen molar-refractivity contribution < 1.29 is 13.2 Å². The number of nitrogens with one attached hydrogen (secondary N) is 1. The van der Waals surface area contributed by atoms with Crippen molar-refractivity contribution >= 4 is 33.7 Å². The first kappa shape index (κ1) is 24.2. The molecule has 0 saturated heterocycles. The molecule has 4 heterocycles. The third-order valence-electron chi connectivity index (χ3n) is 7.88. The molecule has 194 valence electrons. The van der Waals surface area contributed by atoms with E-state index < -0.39 is 12.6 Å². The van der Waals surface area contributed by atoms with Gasteiger partial charge >= 0.3 is 6.18 Å². The summed E-state index contributed by atoms with van der Waals surface area (Å²) in [6.45, 7) is 3.41. The van der Waals surface area contributed by atoms with Crippen LogP contribution in [0.15, 0.2) is 42.6 Å². The Kier molecular flexibility index (Phi) is 6.26. The maximum atomic E-state index is 12.6. The first-order chi connectivity index (χ1) is 17.8. The molecule has 37 heavy (non-hydrogen) atoms. The number of benzene rings is 1. The lowest BCUT2D eigenvalue weighted by Crippen LogP contribution is -2.33. The van der Waals surface area contributed by atoms with E-state index in [1.807, 2.05) is 23.2 Å². The summed E-state index contributed by atoms with van der Waals surface area (Å²) in [6, 6.07) is 12.7. The summed E-state index contributed by atoms with van der Waals surface area (Å²) in [4.78, 5) is 16.2. The van der Waals surface area contributed by atoms with Crippen molar-refractivity contribution in [1.29, 1.82) is 0 Å². The fourth-order valence-electron chi connectivity index (χ4n) is 5.84. The third kappa shape index (κ3) is 5.01. The Hall–Kier alpha value is -3.20. The molecule has 0 unspecified atom stereocenters. The van der Waals surface area contributed by atoms with Gasteiger partial charge in [-0.2, -0.15) is 18.2 Å². The number of hydrogen-bond donors (Lipinski definition) is 1. The van der Waals surface area contributed by atoms with E-state index in [0.29, 0.717) is 37.3 Å².